The zero-order valence-electron chi connectivity index (χ0n) is 7.49. The first-order valence-electron chi connectivity index (χ1n) is 4.51. The molecule has 14 heavy (non-hydrogen) atoms. The molecule has 0 saturated carbocycles. The highest BCUT2D eigenvalue weighted by atomic mass is 32.2. The van der Waals surface area contributed by atoms with E-state index in [1.54, 1.807) is 5.41 Å². The van der Waals surface area contributed by atoms with Crippen LogP contribution in [0.4, 0.5) is 5.69 Å². The molecule has 2 aliphatic rings. The Morgan fingerprint density at radius 2 is 2.14 bits per heavy atom. The molecule has 0 radical (unpaired) electrons. The van der Waals surface area contributed by atoms with E-state index in [1.165, 1.54) is 0 Å². The van der Waals surface area contributed by atoms with Crippen molar-refractivity contribution in [1.29, 1.82) is 0 Å². The second-order valence-electron chi connectivity index (χ2n) is 3.35. The molecule has 2 heterocycles. The maximum atomic E-state index is 11.7. The number of nitrogens with one attached hydrogen (secondary N) is 1. The van der Waals surface area contributed by atoms with Gasteiger partial charge in [0.25, 0.3) is 0 Å². The third-order valence-electron chi connectivity index (χ3n) is 2.53. The topological polar surface area (TPSA) is 29.1 Å². The summed E-state index contributed by atoms with van der Waals surface area (Å²) in [5, 5.41) is 5.07. The van der Waals surface area contributed by atoms with Crippen molar-refractivity contribution in [1.82, 2.24) is 0 Å². The normalized spacial score (nSPS) is 23.0. The third kappa shape index (κ3) is 0.990. The number of anilines is 1. The van der Waals surface area contributed by atoms with Crippen molar-refractivity contribution in [2.75, 3.05) is 11.9 Å². The molecule has 3 rings (SSSR count). The van der Waals surface area contributed by atoms with E-state index in [-0.39, 0.29) is 0 Å². The lowest BCUT2D eigenvalue weighted by Gasteiger charge is -2.19. The summed E-state index contributed by atoms with van der Waals surface area (Å²) in [7, 11) is -0.942. The molecule has 1 aromatic carbocycles. The fourth-order valence-electron chi connectivity index (χ4n) is 1.86. The Kier molecular flexibility index (Phi) is 1.61. The van der Waals surface area contributed by atoms with Crippen molar-refractivity contribution in [3.05, 3.63) is 46.9 Å². The van der Waals surface area contributed by atoms with Gasteiger partial charge in [-0.1, -0.05) is 18.2 Å². The van der Waals surface area contributed by atoms with Gasteiger partial charge in [0.05, 0.1) is 15.7 Å². The van der Waals surface area contributed by atoms with Crippen molar-refractivity contribution < 1.29 is 4.21 Å². The van der Waals surface area contributed by atoms with Gasteiger partial charge in [-0.2, -0.15) is 0 Å². The van der Waals surface area contributed by atoms with Crippen LogP contribution in [-0.4, -0.2) is 10.8 Å². The summed E-state index contributed by atoms with van der Waals surface area (Å²) in [5.41, 5.74) is 3.32. The van der Waals surface area contributed by atoms with E-state index in [1.807, 2.05) is 30.3 Å². The lowest BCUT2D eigenvalue weighted by atomic mass is 10.0. The van der Waals surface area contributed by atoms with Crippen LogP contribution in [0.3, 0.4) is 0 Å². The van der Waals surface area contributed by atoms with Crippen LogP contribution in [0, 0.1) is 0 Å². The molecule has 1 unspecified atom stereocenters. The molecule has 0 saturated heterocycles. The molecule has 0 amide bonds. The molecule has 70 valence electrons. The summed E-state index contributed by atoms with van der Waals surface area (Å²) >= 11 is 0. The van der Waals surface area contributed by atoms with Crippen molar-refractivity contribution in [2.24, 2.45) is 0 Å². The van der Waals surface area contributed by atoms with Gasteiger partial charge in [0.1, 0.15) is 0 Å². The SMILES string of the molecule is O=S1C=CC2=C1c1ccccc1NC2. The molecule has 0 bridgehead atoms. The first-order chi connectivity index (χ1) is 6.86. The molecular weight excluding hydrogens is 194 g/mol. The molecule has 1 atom stereocenters. The van der Waals surface area contributed by atoms with E-state index >= 15 is 0 Å². The molecule has 0 aromatic heterocycles. The predicted molar refractivity (Wildman–Crippen MR) is 59.1 cm³/mol. The lowest BCUT2D eigenvalue weighted by Crippen LogP contribution is -2.12. The number of rotatable bonds is 0. The van der Waals surface area contributed by atoms with Crippen LogP contribution in [-0.2, 0) is 10.8 Å². The monoisotopic (exact) mass is 203 g/mol. The highest BCUT2D eigenvalue weighted by molar-refractivity contribution is 7.97. The van der Waals surface area contributed by atoms with E-state index in [4.69, 9.17) is 0 Å². The Hall–Kier alpha value is -1.35. The number of hydrogen-bond acceptors (Lipinski definition) is 2. The Labute approximate surface area is 84.8 Å². The van der Waals surface area contributed by atoms with Gasteiger partial charge in [-0.3, -0.25) is 0 Å². The Balaban J connectivity index is 2.25. The molecule has 0 aliphatic carbocycles. The van der Waals surface area contributed by atoms with E-state index in [0.29, 0.717) is 0 Å². The average Bonchev–Trinajstić information content (AvgIpc) is 2.61. The zero-order valence-corrected chi connectivity index (χ0v) is 8.30. The maximum absolute atomic E-state index is 11.7. The highest BCUT2D eigenvalue weighted by Crippen LogP contribution is 2.36. The van der Waals surface area contributed by atoms with Crippen molar-refractivity contribution >= 4 is 21.4 Å². The van der Waals surface area contributed by atoms with Crippen LogP contribution in [0.5, 0.6) is 0 Å². The zero-order chi connectivity index (χ0) is 9.54. The molecular formula is C11H9NOS. The van der Waals surface area contributed by atoms with Gasteiger partial charge in [0.15, 0.2) is 0 Å². The smallest absolute Gasteiger partial charge is 0.0786 e. The van der Waals surface area contributed by atoms with Gasteiger partial charge in [-0.25, -0.2) is 4.21 Å². The summed E-state index contributed by atoms with van der Waals surface area (Å²) in [6, 6.07) is 8.00. The van der Waals surface area contributed by atoms with Gasteiger partial charge < -0.3 is 5.32 Å². The molecule has 0 fully saturated rings. The first kappa shape index (κ1) is 8.00. The second-order valence-corrected chi connectivity index (χ2v) is 4.63. The van der Waals surface area contributed by atoms with Crippen LogP contribution >= 0.6 is 0 Å². The minimum Gasteiger partial charge on any atom is -0.380 e. The Bertz CT molecular complexity index is 488. The van der Waals surface area contributed by atoms with Crippen LogP contribution in [0.2, 0.25) is 0 Å². The van der Waals surface area contributed by atoms with E-state index in [2.05, 4.69) is 5.32 Å². The summed E-state index contributed by atoms with van der Waals surface area (Å²) in [6.07, 6.45) is 1.95. The lowest BCUT2D eigenvalue weighted by molar-refractivity contribution is 0.694. The Morgan fingerprint density at radius 3 is 3.07 bits per heavy atom. The van der Waals surface area contributed by atoms with Gasteiger partial charge >= 0.3 is 0 Å². The van der Waals surface area contributed by atoms with Crippen molar-refractivity contribution in [3.8, 4) is 0 Å². The van der Waals surface area contributed by atoms with E-state index in [9.17, 15) is 4.21 Å². The molecule has 3 heteroatoms. The largest absolute Gasteiger partial charge is 0.380 e. The summed E-state index contributed by atoms with van der Waals surface area (Å²) < 4.78 is 11.7. The average molecular weight is 203 g/mol. The van der Waals surface area contributed by atoms with Gasteiger partial charge in [0, 0.05) is 23.2 Å². The van der Waals surface area contributed by atoms with Gasteiger partial charge in [0.2, 0.25) is 0 Å². The molecule has 1 aromatic rings. The number of benzene rings is 1. The van der Waals surface area contributed by atoms with Gasteiger partial charge in [-0.15, -0.1) is 0 Å². The van der Waals surface area contributed by atoms with Crippen LogP contribution in [0.1, 0.15) is 5.56 Å². The molecule has 2 aliphatic heterocycles. The van der Waals surface area contributed by atoms with Crippen molar-refractivity contribution in [3.63, 3.8) is 0 Å². The molecule has 2 nitrogen and oxygen atoms in total. The third-order valence-corrected chi connectivity index (χ3v) is 3.79. The van der Waals surface area contributed by atoms with Gasteiger partial charge in [-0.05, 0) is 17.7 Å². The summed E-state index contributed by atoms with van der Waals surface area (Å²) in [5.74, 6) is 0. The first-order valence-corrected chi connectivity index (χ1v) is 5.73. The van der Waals surface area contributed by atoms with Crippen LogP contribution in [0.15, 0.2) is 41.3 Å². The van der Waals surface area contributed by atoms with Crippen molar-refractivity contribution in [2.45, 2.75) is 0 Å². The fraction of sp³-hybridized carbons (Fsp3) is 0.0909. The predicted octanol–water partition coefficient (Wildman–Crippen LogP) is 2.10. The quantitative estimate of drug-likeness (QED) is 0.699. The fourth-order valence-corrected chi connectivity index (χ4v) is 3.08. The number of hydrogen-bond donors (Lipinski definition) is 1. The number of fused-ring (bicyclic) bond motifs is 2. The minimum atomic E-state index is -0.942. The summed E-state index contributed by atoms with van der Waals surface area (Å²) in [4.78, 5) is 0.986. The summed E-state index contributed by atoms with van der Waals surface area (Å²) in [6.45, 7) is 0.786. The standard InChI is InChI=1S/C11H9NOS/c13-14-6-5-8-7-12-10-4-2-1-3-9(10)11(8)14/h1-6,12H,7H2. The second kappa shape index (κ2) is 2.82. The molecule has 1 N–H and O–H groups in total. The van der Waals surface area contributed by atoms with Crippen LogP contribution < -0.4 is 5.32 Å². The van der Waals surface area contributed by atoms with Crippen LogP contribution in [0.25, 0.3) is 4.91 Å². The van der Waals surface area contributed by atoms with E-state index < -0.39 is 10.8 Å². The minimum absolute atomic E-state index is 0.786. The highest BCUT2D eigenvalue weighted by Gasteiger charge is 2.23. The maximum Gasteiger partial charge on any atom is 0.0786 e. The molecule has 0 spiro atoms. The van der Waals surface area contributed by atoms with E-state index in [0.717, 1.165) is 28.3 Å². The Morgan fingerprint density at radius 1 is 1.29 bits per heavy atom. The number of para-hydroxylation sites is 1.